The summed E-state index contributed by atoms with van der Waals surface area (Å²) in [6, 6.07) is 22.9. The number of nitrogens with zero attached hydrogens (tertiary/aromatic N) is 4. The van der Waals surface area contributed by atoms with Crippen LogP contribution in [0, 0.1) is 6.92 Å². The van der Waals surface area contributed by atoms with Gasteiger partial charge < -0.3 is 25.4 Å². The number of amides is 1. The van der Waals surface area contributed by atoms with Crippen LogP contribution in [-0.2, 0) is 6.42 Å². The topological polar surface area (TPSA) is 139 Å². The summed E-state index contributed by atoms with van der Waals surface area (Å²) < 4.78 is 10.8. The Kier molecular flexibility index (Phi) is 8.34. The van der Waals surface area contributed by atoms with Gasteiger partial charge in [-0.3, -0.25) is 9.89 Å². The Hall–Kier alpha value is -5.45. The summed E-state index contributed by atoms with van der Waals surface area (Å²) in [5.74, 6) is 2.32. The van der Waals surface area contributed by atoms with Crippen molar-refractivity contribution in [3.05, 3.63) is 95.8 Å². The summed E-state index contributed by atoms with van der Waals surface area (Å²) >= 11 is 0. The number of H-pyrrole nitrogens is 1. The van der Waals surface area contributed by atoms with Crippen molar-refractivity contribution in [3.8, 4) is 22.8 Å². The lowest BCUT2D eigenvalue weighted by Crippen LogP contribution is -2.25. The largest absolute Gasteiger partial charge is 0.493 e. The zero-order valence-electron chi connectivity index (χ0n) is 22.9. The van der Waals surface area contributed by atoms with Crippen molar-refractivity contribution in [2.45, 2.75) is 13.3 Å². The van der Waals surface area contributed by atoms with Crippen molar-refractivity contribution < 1.29 is 14.3 Å². The Morgan fingerprint density at radius 1 is 0.878 bits per heavy atom. The van der Waals surface area contributed by atoms with Crippen LogP contribution in [0.3, 0.4) is 0 Å². The lowest BCUT2D eigenvalue weighted by Gasteiger charge is -2.13. The number of nitrogens with one attached hydrogen (secondary N) is 4. The highest BCUT2D eigenvalue weighted by atomic mass is 16.5. The van der Waals surface area contributed by atoms with Crippen molar-refractivity contribution >= 4 is 29.3 Å². The number of methoxy groups -OCH3 is 2. The number of carbonyl (C=O) groups is 1. The number of hydrogen-bond acceptors (Lipinski definition) is 9. The van der Waals surface area contributed by atoms with E-state index in [9.17, 15) is 4.79 Å². The number of benzene rings is 3. The van der Waals surface area contributed by atoms with E-state index in [1.807, 2.05) is 67.6 Å². The average Bonchev–Trinajstić information content (AvgIpc) is 3.47. The van der Waals surface area contributed by atoms with Crippen LogP contribution < -0.4 is 25.4 Å². The Morgan fingerprint density at radius 3 is 2.32 bits per heavy atom. The normalized spacial score (nSPS) is 10.6. The molecule has 3 aromatic carbocycles. The number of aryl methyl sites for hydroxylation is 1. The minimum Gasteiger partial charge on any atom is -0.493 e. The molecule has 5 rings (SSSR count). The number of anilines is 4. The summed E-state index contributed by atoms with van der Waals surface area (Å²) in [6.07, 6.45) is 2.19. The molecule has 0 aliphatic rings. The number of ether oxygens (including phenoxy) is 2. The van der Waals surface area contributed by atoms with Crippen LogP contribution in [0.5, 0.6) is 11.5 Å². The first kappa shape index (κ1) is 27.1. The second-order valence-electron chi connectivity index (χ2n) is 9.14. The molecule has 0 bridgehead atoms. The van der Waals surface area contributed by atoms with Gasteiger partial charge in [0.05, 0.1) is 19.9 Å². The van der Waals surface area contributed by atoms with E-state index in [1.54, 1.807) is 26.4 Å². The molecule has 208 valence electrons. The molecule has 0 saturated carbocycles. The maximum absolute atomic E-state index is 12.5. The number of rotatable bonds is 11. The third kappa shape index (κ3) is 6.77. The van der Waals surface area contributed by atoms with Gasteiger partial charge in [0, 0.05) is 29.9 Å². The van der Waals surface area contributed by atoms with Gasteiger partial charge in [-0.15, -0.1) is 0 Å². The second kappa shape index (κ2) is 12.6. The van der Waals surface area contributed by atoms with E-state index in [-0.39, 0.29) is 5.91 Å². The van der Waals surface area contributed by atoms with E-state index >= 15 is 0 Å². The first-order chi connectivity index (χ1) is 20.0. The molecule has 0 saturated heterocycles. The fraction of sp³-hybridized carbons (Fsp3) is 0.167. The average molecular weight is 551 g/mol. The van der Waals surface area contributed by atoms with Crippen molar-refractivity contribution in [1.29, 1.82) is 0 Å². The molecule has 11 nitrogen and oxygen atoms in total. The van der Waals surface area contributed by atoms with E-state index in [0.717, 1.165) is 28.9 Å². The highest BCUT2D eigenvalue weighted by molar-refractivity contribution is 5.94. The number of carbonyl (C=O) groups excluding carboxylic acids is 1. The zero-order chi connectivity index (χ0) is 28.6. The van der Waals surface area contributed by atoms with E-state index in [2.05, 4.69) is 41.1 Å². The zero-order valence-corrected chi connectivity index (χ0v) is 22.9. The highest BCUT2D eigenvalue weighted by Crippen LogP contribution is 2.34. The van der Waals surface area contributed by atoms with Crippen LogP contribution in [0.4, 0.5) is 23.4 Å². The molecule has 0 aliphatic carbocycles. The molecule has 0 radical (unpaired) electrons. The van der Waals surface area contributed by atoms with Crippen LogP contribution in [0.25, 0.3) is 11.3 Å². The van der Waals surface area contributed by atoms with E-state index < -0.39 is 0 Å². The van der Waals surface area contributed by atoms with Gasteiger partial charge in [-0.2, -0.15) is 10.1 Å². The molecule has 0 fully saturated rings. The first-order valence-electron chi connectivity index (χ1n) is 13.0. The molecule has 5 aromatic rings. The molecule has 0 spiro atoms. The highest BCUT2D eigenvalue weighted by Gasteiger charge is 2.12. The molecule has 0 aliphatic heterocycles. The van der Waals surface area contributed by atoms with Gasteiger partial charge in [-0.1, -0.05) is 42.5 Å². The van der Waals surface area contributed by atoms with Gasteiger partial charge in [0.1, 0.15) is 6.33 Å². The molecule has 41 heavy (non-hydrogen) atoms. The molecule has 2 aromatic heterocycles. The summed E-state index contributed by atoms with van der Waals surface area (Å²) in [4.78, 5) is 25.4. The van der Waals surface area contributed by atoms with Crippen LogP contribution in [0.15, 0.2) is 79.1 Å². The molecule has 0 unspecified atom stereocenters. The van der Waals surface area contributed by atoms with Crippen molar-refractivity contribution in [3.63, 3.8) is 0 Å². The molecular weight excluding hydrogens is 520 g/mol. The summed E-state index contributed by atoms with van der Waals surface area (Å²) in [5, 5.41) is 16.6. The number of hydrogen-bond donors (Lipinski definition) is 4. The SMILES string of the molecule is COc1cc(C)c(Nc2ncnc(Nc3cc(-c4ccc(C(=O)NCCc5ccccc5)cc4)[nH]n3)n2)cc1OC. The third-order valence-electron chi connectivity index (χ3n) is 6.37. The predicted octanol–water partition coefficient (Wildman–Crippen LogP) is 5.05. The minimum atomic E-state index is -0.109. The Balaban J connectivity index is 1.20. The first-order valence-corrected chi connectivity index (χ1v) is 13.0. The van der Waals surface area contributed by atoms with Crippen molar-refractivity contribution in [1.82, 2.24) is 30.5 Å². The maximum Gasteiger partial charge on any atom is 0.251 e. The lowest BCUT2D eigenvalue weighted by molar-refractivity contribution is 0.0954. The van der Waals surface area contributed by atoms with Gasteiger partial charge in [0.25, 0.3) is 5.91 Å². The van der Waals surface area contributed by atoms with Gasteiger partial charge in [-0.05, 0) is 48.2 Å². The monoisotopic (exact) mass is 550 g/mol. The Morgan fingerprint density at radius 2 is 1.59 bits per heavy atom. The Labute approximate surface area is 237 Å². The van der Waals surface area contributed by atoms with Gasteiger partial charge >= 0.3 is 0 Å². The Bertz CT molecular complexity index is 1620. The van der Waals surface area contributed by atoms with Crippen LogP contribution in [0.1, 0.15) is 21.5 Å². The van der Waals surface area contributed by atoms with Crippen molar-refractivity contribution in [2.24, 2.45) is 0 Å². The summed E-state index contributed by atoms with van der Waals surface area (Å²) in [6.45, 7) is 2.52. The molecule has 11 heteroatoms. The summed E-state index contributed by atoms with van der Waals surface area (Å²) in [7, 11) is 3.18. The minimum absolute atomic E-state index is 0.109. The molecule has 4 N–H and O–H groups in total. The van der Waals surface area contributed by atoms with E-state index in [4.69, 9.17) is 9.47 Å². The van der Waals surface area contributed by atoms with Gasteiger partial charge in [-0.25, -0.2) is 9.97 Å². The molecule has 2 heterocycles. The fourth-order valence-corrected chi connectivity index (χ4v) is 4.17. The number of aromatic amines is 1. The van der Waals surface area contributed by atoms with E-state index in [0.29, 0.717) is 41.3 Å². The third-order valence-corrected chi connectivity index (χ3v) is 6.37. The molecule has 0 atom stereocenters. The van der Waals surface area contributed by atoms with Gasteiger partial charge in [0.2, 0.25) is 11.9 Å². The predicted molar refractivity (Wildman–Crippen MR) is 157 cm³/mol. The van der Waals surface area contributed by atoms with E-state index in [1.165, 1.54) is 11.9 Å². The standard InChI is InChI=1S/C30H30N8O3/c1-19-15-25(40-2)26(41-3)16-23(19)34-29-32-18-33-30(36-29)35-27-17-24(37-38-27)21-9-11-22(12-10-21)28(39)31-14-13-20-7-5-4-6-8-20/h4-12,15-18H,13-14H2,1-3H3,(H,31,39)(H3,32,33,34,35,36,37,38). The lowest BCUT2D eigenvalue weighted by atomic mass is 10.1. The van der Waals surface area contributed by atoms with Crippen LogP contribution in [0.2, 0.25) is 0 Å². The van der Waals surface area contributed by atoms with Crippen molar-refractivity contribution in [2.75, 3.05) is 31.4 Å². The molecular formula is C30H30N8O3. The van der Waals surface area contributed by atoms with Crippen LogP contribution in [-0.4, -0.2) is 51.8 Å². The smallest absolute Gasteiger partial charge is 0.251 e. The molecule has 1 amide bonds. The maximum atomic E-state index is 12.5. The van der Waals surface area contributed by atoms with Gasteiger partial charge in [0.15, 0.2) is 17.3 Å². The second-order valence-corrected chi connectivity index (χ2v) is 9.14. The summed E-state index contributed by atoms with van der Waals surface area (Å²) in [5.41, 5.74) is 5.14. The quantitative estimate of drug-likeness (QED) is 0.178. The van der Waals surface area contributed by atoms with Crippen LogP contribution >= 0.6 is 0 Å². The number of aromatic nitrogens is 5. The fourth-order valence-electron chi connectivity index (χ4n) is 4.17.